The molecule has 9 heteroatoms. The molecule has 0 aromatic heterocycles. The van der Waals surface area contributed by atoms with Crippen molar-refractivity contribution in [3.05, 3.63) is 57.7 Å². The van der Waals surface area contributed by atoms with Crippen LogP contribution in [-0.4, -0.2) is 51.4 Å². The Morgan fingerprint density at radius 2 is 1.85 bits per heavy atom. The third-order valence-electron chi connectivity index (χ3n) is 6.72. The van der Waals surface area contributed by atoms with Crippen LogP contribution in [0.15, 0.2) is 53.4 Å². The molecule has 2 aromatic carbocycles. The summed E-state index contributed by atoms with van der Waals surface area (Å²) in [6.45, 7) is 4.97. The van der Waals surface area contributed by atoms with Gasteiger partial charge in [-0.05, 0) is 79.0 Å². The number of nitrogens with one attached hydrogen (secondary N) is 3. The van der Waals surface area contributed by atoms with Gasteiger partial charge in [0, 0.05) is 47.4 Å². The standard InChI is InChI=1S/C25H33IN4O3S/c1-2-28-23-16-21(12-13-22(23)26)34(32,33)29-20-10-8-19(9-11-20)25(31)30-15-14-27-17-24(30)18-6-4-3-5-7-18/h3-7,12-13,16,19-20,24,27-29H,2,8-11,14-15,17H2,1H3/t19-,20-,24-/m1/s1. The molecular weight excluding hydrogens is 563 g/mol. The molecule has 1 heterocycles. The van der Waals surface area contributed by atoms with Crippen molar-refractivity contribution in [1.82, 2.24) is 14.9 Å². The highest BCUT2D eigenvalue weighted by molar-refractivity contribution is 14.1. The fourth-order valence-corrected chi connectivity index (χ4v) is 6.78. The summed E-state index contributed by atoms with van der Waals surface area (Å²) in [6, 6.07) is 15.2. The quantitative estimate of drug-likeness (QED) is 0.424. The molecule has 184 valence electrons. The summed E-state index contributed by atoms with van der Waals surface area (Å²) in [5.41, 5.74) is 1.98. The Balaban J connectivity index is 1.37. The van der Waals surface area contributed by atoms with Gasteiger partial charge in [-0.3, -0.25) is 4.79 Å². The van der Waals surface area contributed by atoms with Crippen LogP contribution in [0.3, 0.4) is 0 Å². The Labute approximate surface area is 216 Å². The highest BCUT2D eigenvalue weighted by atomic mass is 127. The molecule has 3 N–H and O–H groups in total. The van der Waals surface area contributed by atoms with Crippen LogP contribution in [-0.2, 0) is 14.8 Å². The van der Waals surface area contributed by atoms with Gasteiger partial charge in [-0.15, -0.1) is 0 Å². The zero-order chi connectivity index (χ0) is 24.1. The molecule has 1 atom stereocenters. The number of hydrogen-bond donors (Lipinski definition) is 3. The Kier molecular flexibility index (Phi) is 8.49. The molecule has 7 nitrogen and oxygen atoms in total. The minimum atomic E-state index is -3.62. The van der Waals surface area contributed by atoms with Crippen molar-refractivity contribution in [3.63, 3.8) is 0 Å². The average Bonchev–Trinajstić information content (AvgIpc) is 2.86. The first-order valence-corrected chi connectivity index (χ1v) is 14.6. The van der Waals surface area contributed by atoms with E-state index in [0.29, 0.717) is 32.2 Å². The molecule has 4 rings (SSSR count). The number of halogens is 1. The predicted octanol–water partition coefficient (Wildman–Crippen LogP) is 3.73. The summed E-state index contributed by atoms with van der Waals surface area (Å²) >= 11 is 2.20. The molecule has 2 aliphatic rings. The van der Waals surface area contributed by atoms with Crippen molar-refractivity contribution in [2.24, 2.45) is 5.92 Å². The Morgan fingerprint density at radius 1 is 1.12 bits per heavy atom. The minimum absolute atomic E-state index is 0.0467. The van der Waals surface area contributed by atoms with Crippen LogP contribution in [0.5, 0.6) is 0 Å². The van der Waals surface area contributed by atoms with Gasteiger partial charge in [0.05, 0.1) is 10.9 Å². The van der Waals surface area contributed by atoms with Gasteiger partial charge < -0.3 is 15.5 Å². The topological polar surface area (TPSA) is 90.5 Å². The number of rotatable bonds is 7. The second kappa shape index (κ2) is 11.4. The van der Waals surface area contributed by atoms with Crippen molar-refractivity contribution in [2.45, 2.75) is 49.6 Å². The van der Waals surface area contributed by atoms with Gasteiger partial charge in [0.15, 0.2) is 0 Å². The fraction of sp³-hybridized carbons (Fsp3) is 0.480. The van der Waals surface area contributed by atoms with Crippen molar-refractivity contribution in [1.29, 1.82) is 0 Å². The second-order valence-electron chi connectivity index (χ2n) is 9.00. The van der Waals surface area contributed by atoms with E-state index in [2.05, 4.69) is 50.1 Å². The Hall–Kier alpha value is -1.69. The number of anilines is 1. The Morgan fingerprint density at radius 3 is 2.56 bits per heavy atom. The summed E-state index contributed by atoms with van der Waals surface area (Å²) in [5, 5.41) is 6.62. The van der Waals surface area contributed by atoms with Crippen molar-refractivity contribution in [3.8, 4) is 0 Å². The molecule has 1 aliphatic carbocycles. The lowest BCUT2D eigenvalue weighted by atomic mass is 9.85. The summed E-state index contributed by atoms with van der Waals surface area (Å²) in [5.74, 6) is 0.147. The summed E-state index contributed by atoms with van der Waals surface area (Å²) in [6.07, 6.45) is 2.74. The number of carbonyl (C=O) groups is 1. The molecular formula is C25H33IN4O3S. The number of hydrogen-bond acceptors (Lipinski definition) is 5. The zero-order valence-corrected chi connectivity index (χ0v) is 22.4. The number of amides is 1. The first-order chi connectivity index (χ1) is 16.4. The van der Waals surface area contributed by atoms with E-state index in [-0.39, 0.29) is 28.8 Å². The molecule has 1 aliphatic heterocycles. The van der Waals surface area contributed by atoms with Gasteiger partial charge in [-0.25, -0.2) is 13.1 Å². The molecule has 1 amide bonds. The maximum absolute atomic E-state index is 13.4. The first-order valence-electron chi connectivity index (χ1n) is 12.0. The molecule has 0 bridgehead atoms. The van der Waals surface area contributed by atoms with E-state index < -0.39 is 10.0 Å². The maximum Gasteiger partial charge on any atom is 0.240 e. The van der Waals surface area contributed by atoms with E-state index in [0.717, 1.165) is 34.5 Å². The maximum atomic E-state index is 13.4. The van der Waals surface area contributed by atoms with E-state index in [1.54, 1.807) is 12.1 Å². The van der Waals surface area contributed by atoms with Crippen LogP contribution in [0.25, 0.3) is 0 Å². The van der Waals surface area contributed by atoms with Crippen LogP contribution in [0.4, 0.5) is 5.69 Å². The van der Waals surface area contributed by atoms with Gasteiger partial charge in [0.1, 0.15) is 0 Å². The minimum Gasteiger partial charge on any atom is -0.384 e. The lowest BCUT2D eigenvalue weighted by molar-refractivity contribution is -0.140. The van der Waals surface area contributed by atoms with Crippen LogP contribution in [0.2, 0.25) is 0 Å². The predicted molar refractivity (Wildman–Crippen MR) is 143 cm³/mol. The molecule has 0 radical (unpaired) electrons. The van der Waals surface area contributed by atoms with Crippen LogP contribution in [0, 0.1) is 9.49 Å². The number of benzene rings is 2. The highest BCUT2D eigenvalue weighted by Crippen LogP contribution is 2.31. The van der Waals surface area contributed by atoms with E-state index in [9.17, 15) is 13.2 Å². The molecule has 2 aromatic rings. The van der Waals surface area contributed by atoms with E-state index in [1.165, 1.54) is 0 Å². The first kappa shape index (κ1) is 25.4. The van der Waals surface area contributed by atoms with Crippen molar-refractivity contribution in [2.75, 3.05) is 31.5 Å². The molecule has 0 unspecified atom stereocenters. The fourth-order valence-electron chi connectivity index (χ4n) is 4.92. The largest absolute Gasteiger partial charge is 0.384 e. The highest BCUT2D eigenvalue weighted by Gasteiger charge is 2.35. The summed E-state index contributed by atoms with van der Waals surface area (Å²) in [4.78, 5) is 15.7. The van der Waals surface area contributed by atoms with Gasteiger partial charge >= 0.3 is 0 Å². The normalized spacial score (nSPS) is 23.5. The van der Waals surface area contributed by atoms with Crippen molar-refractivity contribution >= 4 is 44.2 Å². The van der Waals surface area contributed by atoms with E-state index in [4.69, 9.17) is 0 Å². The summed E-state index contributed by atoms with van der Waals surface area (Å²) in [7, 11) is -3.62. The van der Waals surface area contributed by atoms with Crippen LogP contribution >= 0.6 is 22.6 Å². The molecule has 2 fully saturated rings. The van der Waals surface area contributed by atoms with Gasteiger partial charge in [0.25, 0.3) is 0 Å². The smallest absolute Gasteiger partial charge is 0.240 e. The zero-order valence-electron chi connectivity index (χ0n) is 19.5. The third-order valence-corrected chi connectivity index (χ3v) is 9.18. The van der Waals surface area contributed by atoms with E-state index in [1.807, 2.05) is 36.1 Å². The lowest BCUT2D eigenvalue weighted by Crippen LogP contribution is -2.51. The van der Waals surface area contributed by atoms with Crippen molar-refractivity contribution < 1.29 is 13.2 Å². The number of carbonyl (C=O) groups excluding carboxylic acids is 1. The number of nitrogens with zero attached hydrogens (tertiary/aromatic N) is 1. The molecule has 0 spiro atoms. The van der Waals surface area contributed by atoms with Crippen LogP contribution < -0.4 is 15.4 Å². The van der Waals surface area contributed by atoms with Gasteiger partial charge in [-0.2, -0.15) is 0 Å². The van der Waals surface area contributed by atoms with Crippen LogP contribution in [0.1, 0.15) is 44.2 Å². The number of piperazine rings is 1. The molecule has 1 saturated heterocycles. The lowest BCUT2D eigenvalue weighted by Gasteiger charge is -2.40. The SMILES string of the molecule is CCNc1cc(S(=O)(=O)N[C@H]2CC[C@H](C(=O)N3CCNC[C@@H]3c3ccccc3)CC2)ccc1I. The van der Waals surface area contributed by atoms with E-state index >= 15 is 0 Å². The number of sulfonamides is 1. The van der Waals surface area contributed by atoms with Gasteiger partial charge in [-0.1, -0.05) is 30.3 Å². The second-order valence-corrected chi connectivity index (χ2v) is 11.9. The third kappa shape index (κ3) is 5.92. The Bertz CT molecular complexity index is 1090. The van der Waals surface area contributed by atoms with Gasteiger partial charge in [0.2, 0.25) is 15.9 Å². The monoisotopic (exact) mass is 596 g/mol. The summed E-state index contributed by atoms with van der Waals surface area (Å²) < 4.78 is 29.9. The molecule has 1 saturated carbocycles. The molecule has 34 heavy (non-hydrogen) atoms. The average molecular weight is 597 g/mol.